The summed E-state index contributed by atoms with van der Waals surface area (Å²) in [4.78, 5) is 19.2. The second-order valence-electron chi connectivity index (χ2n) is 25.4. The first-order chi connectivity index (χ1) is 49.2. The Balaban J connectivity index is -0.000000292. The zero-order chi connectivity index (χ0) is 67.2. The van der Waals surface area contributed by atoms with Crippen LogP contribution in [0.4, 0.5) is 0 Å². The number of nitrogens with zero attached hydrogens (tertiary/aromatic N) is 6. The predicted octanol–water partition coefficient (Wildman–Crippen LogP) is 1.72. The molecule has 14 rings (SSSR count). The minimum Gasteiger partial charge on any atom is -0.664 e. The van der Waals surface area contributed by atoms with Crippen molar-refractivity contribution >= 4 is 28.0 Å². The Hall–Kier alpha value is -2.90. The van der Waals surface area contributed by atoms with E-state index in [-0.39, 0.29) is 368 Å². The minimum absolute atomic E-state index is 0. The van der Waals surface area contributed by atoms with Crippen molar-refractivity contribution in [2.45, 2.75) is 104 Å². The van der Waals surface area contributed by atoms with Crippen LogP contribution in [0.2, 0.25) is 0 Å². The van der Waals surface area contributed by atoms with E-state index in [9.17, 15) is 0 Å². The molecule has 0 spiro atoms. The summed E-state index contributed by atoms with van der Waals surface area (Å²) in [7, 11) is 0. The summed E-state index contributed by atoms with van der Waals surface area (Å²) in [5.41, 5.74) is 17.2. The van der Waals surface area contributed by atoms with Crippen LogP contribution in [0.25, 0.3) is 10.6 Å². The van der Waals surface area contributed by atoms with Gasteiger partial charge in [0.25, 0.3) is 0 Å². The molecule has 0 fully saturated rings. The molecule has 15 heteroatoms. The van der Waals surface area contributed by atoms with Crippen LogP contribution in [0.5, 0.6) is 0 Å². The van der Waals surface area contributed by atoms with Gasteiger partial charge in [0.1, 0.15) is 6.15 Å². The fourth-order valence-corrected chi connectivity index (χ4v) is 14.4. The van der Waals surface area contributed by atoms with Crippen LogP contribution >= 0.6 is 0 Å². The molecule has 0 amide bonds. The fourth-order valence-electron chi connectivity index (χ4n) is 14.4. The van der Waals surface area contributed by atoms with Crippen LogP contribution in [0, 0.1) is 44.6 Å². The Labute approximate surface area is 908 Å². The summed E-state index contributed by atoms with van der Waals surface area (Å²) >= 11 is 0. The molecule has 0 bridgehead atoms. The molecule has 0 saturated heterocycles. The van der Waals surface area contributed by atoms with Crippen LogP contribution in [-0.4, -0.2) is 26.1 Å². The second kappa shape index (κ2) is 71.4. The minimum atomic E-state index is -1.22. The number of allylic oxidation sites excluding steroid dienone is 8. The van der Waals surface area contributed by atoms with Crippen molar-refractivity contribution in [1.82, 2.24) is 19.9 Å². The molecule has 0 aliphatic carbocycles. The summed E-state index contributed by atoms with van der Waals surface area (Å²) in [6.45, 7) is 0. The number of hydrogen-bond acceptors (Lipinski definition) is 4. The standard InChI is InChI=1S/2C34H32N3.C24H20B.4CH4.6CH3.K.7Na/c2*1-3-13-27(14-4-1)32(28-15-5-2-6-16-28)26-30(34-19-9-12-24-37-34)25-29(33-18-8-11-23-36-33)20-21-31-17-7-10-22-35-31;1-5-13-21(14-6-1)25(22-15-7-2-8-16-22,23-17-9-3-10-18-23)24-19-11-4-12-20-24;;;;;;;;;;;;;;;;;;/h2*1-19,21-24,29-30,32H,20,25-26H2;1-20H;4*1H4;6*1H3;;;;;;;;/q3*-1;;;;;6*-1;8*+1. The molecular weight excluding hydrogens is 1520 g/mol. The number of pyridine rings is 4. The Morgan fingerprint density at radius 1 is 0.256 bits per heavy atom. The Morgan fingerprint density at radius 2 is 0.470 bits per heavy atom. The van der Waals surface area contributed by atoms with Gasteiger partial charge in [-0.25, -0.2) is 0 Å². The molecule has 6 nitrogen and oxygen atoms in total. The molecule has 8 aromatic carbocycles. The van der Waals surface area contributed by atoms with Crippen LogP contribution in [0.15, 0.2) is 413 Å². The number of benzene rings is 8. The average molecular weight is 1640 g/mol. The van der Waals surface area contributed by atoms with Gasteiger partial charge in [-0.15, -0.1) is 11.4 Å². The molecular formula is C102H118BKN6Na7-. The zero-order valence-electron chi connectivity index (χ0n) is 70.1. The topological polar surface area (TPSA) is 79.8 Å². The SMILES string of the molecule is C.C.C.C.C1=C[N-]C(=CCC(CC(CC(c2ccccc2)c2ccccc2)c2ccccn2)c2ccccn2)C=C1.C1=C[N-]C(=CCC(CC(CC(c2ccccc2)c2ccccc2)c2ccccn2)c2ccccn2)C=C1.[CH3-].[CH3-].[CH3-].[CH3-].[CH3-].[CH3-].[K+].[Na+].[Na+].[Na+].[Na+].[Na+].[Na+].[Na+].c1ccc([B-](c2ccccc2)(c2ccccc2)c2ccccc2)cc1. The third-order valence-corrected chi connectivity index (χ3v) is 19.2. The van der Waals surface area contributed by atoms with Crippen molar-refractivity contribution < 1.29 is 258 Å². The van der Waals surface area contributed by atoms with Gasteiger partial charge in [0.2, 0.25) is 0 Å². The molecule has 2 aliphatic heterocycles. The number of hydrogen-bond donors (Lipinski definition) is 0. The van der Waals surface area contributed by atoms with Crippen molar-refractivity contribution in [2.24, 2.45) is 0 Å². The summed E-state index contributed by atoms with van der Waals surface area (Å²) in [6.07, 6.45) is 32.3. The van der Waals surface area contributed by atoms with Gasteiger partial charge in [-0.1, -0.05) is 345 Å². The first-order valence-corrected chi connectivity index (χ1v) is 34.8. The summed E-state index contributed by atoms with van der Waals surface area (Å²) < 4.78 is 0. The molecule has 12 aromatic rings. The van der Waals surface area contributed by atoms with Gasteiger partial charge < -0.3 is 55.2 Å². The Bertz CT molecular complexity index is 4060. The largest absolute Gasteiger partial charge is 1.00 e. The molecule has 117 heavy (non-hydrogen) atoms. The van der Waals surface area contributed by atoms with E-state index in [1.807, 2.05) is 85.8 Å². The monoisotopic (exact) mass is 1640 g/mol. The first kappa shape index (κ1) is 127. The third kappa shape index (κ3) is 38.2. The summed E-state index contributed by atoms with van der Waals surface area (Å²) in [5.74, 6) is 1.58. The van der Waals surface area contributed by atoms with E-state index in [4.69, 9.17) is 19.9 Å². The van der Waals surface area contributed by atoms with Gasteiger partial charge in [-0.3, -0.25) is 19.9 Å². The summed E-state index contributed by atoms with van der Waals surface area (Å²) in [5, 5.41) is 9.04. The van der Waals surface area contributed by atoms with Gasteiger partial charge in [-0.05, 0) is 109 Å². The predicted molar refractivity (Wildman–Crippen MR) is 480 cm³/mol. The number of aromatic nitrogens is 4. The molecule has 568 valence electrons. The fraction of sp³-hybridized carbons (Fsp3) is 0.157. The average Bonchev–Trinajstić information content (AvgIpc) is 0.737. The van der Waals surface area contributed by atoms with Crippen molar-refractivity contribution in [2.75, 3.05) is 0 Å². The molecule has 2 aliphatic rings. The summed E-state index contributed by atoms with van der Waals surface area (Å²) in [6, 6.07) is 112. The Kier molecular flexibility index (Phi) is 77.6. The normalized spacial score (nSPS) is 12.2. The molecule has 0 N–H and O–H groups in total. The maximum atomic E-state index is 4.84. The van der Waals surface area contributed by atoms with Crippen molar-refractivity contribution in [3.8, 4) is 0 Å². The van der Waals surface area contributed by atoms with E-state index in [0.29, 0.717) is 0 Å². The van der Waals surface area contributed by atoms with E-state index >= 15 is 0 Å². The smallest absolute Gasteiger partial charge is 0.664 e. The Morgan fingerprint density at radius 3 is 0.675 bits per heavy atom. The van der Waals surface area contributed by atoms with Crippen LogP contribution in [0.1, 0.15) is 149 Å². The van der Waals surface area contributed by atoms with E-state index < -0.39 is 6.15 Å². The van der Waals surface area contributed by atoms with E-state index in [1.54, 1.807) is 0 Å². The first-order valence-electron chi connectivity index (χ1n) is 34.8. The van der Waals surface area contributed by atoms with Crippen molar-refractivity contribution in [1.29, 1.82) is 0 Å². The van der Waals surface area contributed by atoms with Crippen LogP contribution < -0.4 is 280 Å². The maximum absolute atomic E-state index is 4.84. The molecule has 4 aromatic heterocycles. The molecule has 4 atom stereocenters. The molecule has 6 heterocycles. The molecule has 0 radical (unpaired) electrons. The van der Waals surface area contributed by atoms with Gasteiger partial charge >= 0.3 is 258 Å². The second-order valence-corrected chi connectivity index (χ2v) is 25.4. The van der Waals surface area contributed by atoms with E-state index in [2.05, 4.69) is 326 Å². The maximum Gasteiger partial charge on any atom is 1.00 e. The zero-order valence-corrected chi connectivity index (χ0v) is 87.2. The van der Waals surface area contributed by atoms with Gasteiger partial charge in [0.05, 0.1) is 0 Å². The van der Waals surface area contributed by atoms with E-state index in [1.165, 1.54) is 44.1 Å². The van der Waals surface area contributed by atoms with Crippen LogP contribution in [0.3, 0.4) is 0 Å². The molecule has 0 saturated carbocycles. The van der Waals surface area contributed by atoms with Gasteiger partial charge in [0, 0.05) is 83.1 Å². The quantitative estimate of drug-likeness (QED) is 0.0684. The number of rotatable bonds is 24. The van der Waals surface area contributed by atoms with E-state index in [0.717, 1.165) is 72.7 Å². The molecule has 4 unspecified atom stereocenters. The van der Waals surface area contributed by atoms with Crippen molar-refractivity contribution in [3.63, 3.8) is 0 Å². The van der Waals surface area contributed by atoms with Crippen molar-refractivity contribution in [3.05, 3.63) is 513 Å². The third-order valence-electron chi connectivity index (χ3n) is 19.2. The van der Waals surface area contributed by atoms with Gasteiger partial charge in [-0.2, -0.15) is 34.3 Å². The van der Waals surface area contributed by atoms with Gasteiger partial charge in [0.15, 0.2) is 0 Å². The van der Waals surface area contributed by atoms with Crippen LogP contribution in [-0.2, 0) is 0 Å².